The fourth-order valence-electron chi connectivity index (χ4n) is 2.96. The zero-order chi connectivity index (χ0) is 16.9. The average molecular weight is 319 g/mol. The molecule has 2 rings (SSSR count). The van der Waals surface area contributed by atoms with Gasteiger partial charge in [0.05, 0.1) is 20.8 Å². The Morgan fingerprint density at radius 2 is 2.09 bits per heavy atom. The molecule has 1 aliphatic heterocycles. The van der Waals surface area contributed by atoms with Crippen molar-refractivity contribution in [1.29, 1.82) is 0 Å². The van der Waals surface area contributed by atoms with Gasteiger partial charge in [-0.2, -0.15) is 0 Å². The first-order valence-corrected chi connectivity index (χ1v) is 8.24. The third-order valence-corrected chi connectivity index (χ3v) is 4.20. The Labute approximate surface area is 139 Å². The van der Waals surface area contributed by atoms with Crippen LogP contribution in [-0.4, -0.2) is 44.7 Å². The molecule has 1 fully saturated rings. The van der Waals surface area contributed by atoms with E-state index in [1.165, 1.54) is 6.42 Å². The first-order chi connectivity index (χ1) is 11.0. The van der Waals surface area contributed by atoms with Crippen LogP contribution >= 0.6 is 0 Å². The smallest absolute Gasteiger partial charge is 0.194 e. The van der Waals surface area contributed by atoms with Crippen molar-refractivity contribution in [1.82, 2.24) is 10.2 Å². The standard InChI is InChI=1S/C18H29N3O2/c1-6-19-17(21-11-10-18(2,3)13-21)20-12-14-8-7-9-15(22-4)16(14)23-5/h7-9H,6,10-13H2,1-5H3,(H,19,20). The van der Waals surface area contributed by atoms with Crippen LogP contribution in [-0.2, 0) is 6.54 Å². The lowest BCUT2D eigenvalue weighted by Gasteiger charge is -2.23. The lowest BCUT2D eigenvalue weighted by Crippen LogP contribution is -2.40. The third kappa shape index (κ3) is 4.30. The first-order valence-electron chi connectivity index (χ1n) is 8.24. The summed E-state index contributed by atoms with van der Waals surface area (Å²) in [5, 5.41) is 3.40. The third-order valence-electron chi connectivity index (χ3n) is 4.20. The SMILES string of the molecule is CCNC(=NCc1cccc(OC)c1OC)N1CCC(C)(C)C1. The number of para-hydroxylation sites is 1. The van der Waals surface area contributed by atoms with Gasteiger partial charge >= 0.3 is 0 Å². The summed E-state index contributed by atoms with van der Waals surface area (Å²) in [6, 6.07) is 5.90. The first kappa shape index (κ1) is 17.4. The van der Waals surface area contributed by atoms with Gasteiger partial charge in [0.15, 0.2) is 17.5 Å². The Morgan fingerprint density at radius 3 is 2.65 bits per heavy atom. The van der Waals surface area contributed by atoms with E-state index in [-0.39, 0.29) is 0 Å². The van der Waals surface area contributed by atoms with Crippen LogP contribution < -0.4 is 14.8 Å². The number of hydrogen-bond donors (Lipinski definition) is 1. The van der Waals surface area contributed by atoms with E-state index < -0.39 is 0 Å². The van der Waals surface area contributed by atoms with Crippen LogP contribution in [0.4, 0.5) is 0 Å². The molecule has 5 nitrogen and oxygen atoms in total. The summed E-state index contributed by atoms with van der Waals surface area (Å²) in [7, 11) is 3.32. The maximum absolute atomic E-state index is 5.49. The molecule has 0 unspecified atom stereocenters. The highest BCUT2D eigenvalue weighted by molar-refractivity contribution is 5.80. The van der Waals surface area contributed by atoms with Crippen LogP contribution in [0.2, 0.25) is 0 Å². The largest absolute Gasteiger partial charge is 0.493 e. The summed E-state index contributed by atoms with van der Waals surface area (Å²) in [5.74, 6) is 2.48. The maximum atomic E-state index is 5.49. The molecule has 1 aromatic carbocycles. The Hall–Kier alpha value is -1.91. The fourth-order valence-corrected chi connectivity index (χ4v) is 2.96. The van der Waals surface area contributed by atoms with Gasteiger partial charge in [0, 0.05) is 25.2 Å². The van der Waals surface area contributed by atoms with Gasteiger partial charge in [-0.05, 0) is 24.8 Å². The number of rotatable bonds is 5. The molecule has 0 radical (unpaired) electrons. The zero-order valence-electron chi connectivity index (χ0n) is 15.0. The number of nitrogens with zero attached hydrogens (tertiary/aromatic N) is 2. The second-order valence-electron chi connectivity index (χ2n) is 6.66. The summed E-state index contributed by atoms with van der Waals surface area (Å²) in [6.45, 7) is 10.2. The van der Waals surface area contributed by atoms with E-state index in [9.17, 15) is 0 Å². The highest BCUT2D eigenvalue weighted by atomic mass is 16.5. The minimum Gasteiger partial charge on any atom is -0.493 e. The van der Waals surface area contributed by atoms with Crippen LogP contribution in [0.25, 0.3) is 0 Å². The highest BCUT2D eigenvalue weighted by Crippen LogP contribution is 2.32. The Kier molecular flexibility index (Phi) is 5.74. The summed E-state index contributed by atoms with van der Waals surface area (Å²) in [4.78, 5) is 7.15. The second kappa shape index (κ2) is 7.57. The summed E-state index contributed by atoms with van der Waals surface area (Å²) in [5.41, 5.74) is 1.38. The molecule has 0 aliphatic carbocycles. The molecule has 0 spiro atoms. The van der Waals surface area contributed by atoms with Crippen molar-refractivity contribution in [3.8, 4) is 11.5 Å². The number of nitrogens with one attached hydrogen (secondary N) is 1. The predicted molar refractivity (Wildman–Crippen MR) is 94.3 cm³/mol. The van der Waals surface area contributed by atoms with Gasteiger partial charge in [0.25, 0.3) is 0 Å². The van der Waals surface area contributed by atoms with Gasteiger partial charge in [-0.3, -0.25) is 0 Å². The minimum atomic E-state index is 0.351. The van der Waals surface area contributed by atoms with E-state index >= 15 is 0 Å². The molecule has 0 bridgehead atoms. The number of likely N-dealkylation sites (tertiary alicyclic amines) is 1. The molecule has 1 heterocycles. The number of ether oxygens (including phenoxy) is 2. The van der Waals surface area contributed by atoms with Gasteiger partial charge < -0.3 is 19.7 Å². The average Bonchev–Trinajstić information content (AvgIpc) is 2.90. The van der Waals surface area contributed by atoms with Crippen molar-refractivity contribution >= 4 is 5.96 Å². The van der Waals surface area contributed by atoms with Crippen molar-refractivity contribution < 1.29 is 9.47 Å². The van der Waals surface area contributed by atoms with Crippen molar-refractivity contribution in [3.63, 3.8) is 0 Å². The van der Waals surface area contributed by atoms with Crippen molar-refractivity contribution in [2.75, 3.05) is 33.9 Å². The number of benzene rings is 1. The lowest BCUT2D eigenvalue weighted by molar-refractivity contribution is 0.351. The Bertz CT molecular complexity index is 555. The van der Waals surface area contributed by atoms with E-state index in [4.69, 9.17) is 14.5 Å². The van der Waals surface area contributed by atoms with E-state index in [0.29, 0.717) is 12.0 Å². The van der Waals surface area contributed by atoms with Gasteiger partial charge in [0.2, 0.25) is 0 Å². The molecule has 0 atom stereocenters. The topological polar surface area (TPSA) is 46.1 Å². The zero-order valence-corrected chi connectivity index (χ0v) is 15.0. The van der Waals surface area contributed by atoms with Crippen molar-refractivity contribution in [2.24, 2.45) is 10.4 Å². The molecule has 128 valence electrons. The maximum Gasteiger partial charge on any atom is 0.194 e. The molecule has 1 saturated heterocycles. The van der Waals surface area contributed by atoms with Gasteiger partial charge in [-0.1, -0.05) is 26.0 Å². The highest BCUT2D eigenvalue weighted by Gasteiger charge is 2.30. The molecule has 1 aromatic rings. The van der Waals surface area contributed by atoms with Gasteiger partial charge in [-0.25, -0.2) is 4.99 Å². The van der Waals surface area contributed by atoms with E-state index in [0.717, 1.165) is 42.7 Å². The number of aliphatic imine (C=N–C) groups is 1. The summed E-state index contributed by atoms with van der Waals surface area (Å²) < 4.78 is 10.8. The Balaban J connectivity index is 2.18. The van der Waals surface area contributed by atoms with Gasteiger partial charge in [0.1, 0.15) is 0 Å². The number of guanidine groups is 1. The number of hydrogen-bond acceptors (Lipinski definition) is 3. The minimum absolute atomic E-state index is 0.351. The fraction of sp³-hybridized carbons (Fsp3) is 0.611. The Morgan fingerprint density at radius 1 is 1.30 bits per heavy atom. The van der Waals surface area contributed by atoms with Crippen LogP contribution in [0, 0.1) is 5.41 Å². The summed E-state index contributed by atoms with van der Waals surface area (Å²) >= 11 is 0. The molecule has 23 heavy (non-hydrogen) atoms. The van der Waals surface area contributed by atoms with Gasteiger partial charge in [-0.15, -0.1) is 0 Å². The van der Waals surface area contributed by atoms with Crippen molar-refractivity contribution in [2.45, 2.75) is 33.7 Å². The van der Waals surface area contributed by atoms with Crippen LogP contribution in [0.3, 0.4) is 0 Å². The molecular weight excluding hydrogens is 290 g/mol. The molecular formula is C18H29N3O2. The lowest BCUT2D eigenvalue weighted by atomic mass is 9.93. The van der Waals surface area contributed by atoms with E-state index in [1.807, 2.05) is 18.2 Å². The molecule has 1 aliphatic rings. The van der Waals surface area contributed by atoms with Crippen molar-refractivity contribution in [3.05, 3.63) is 23.8 Å². The summed E-state index contributed by atoms with van der Waals surface area (Å²) in [6.07, 6.45) is 1.19. The van der Waals surface area contributed by atoms with Crippen LogP contribution in [0.1, 0.15) is 32.8 Å². The number of methoxy groups -OCH3 is 2. The molecule has 5 heteroatoms. The predicted octanol–water partition coefficient (Wildman–Crippen LogP) is 2.90. The van der Waals surface area contributed by atoms with Crippen LogP contribution in [0.15, 0.2) is 23.2 Å². The van der Waals surface area contributed by atoms with E-state index in [2.05, 4.69) is 31.0 Å². The van der Waals surface area contributed by atoms with Crippen LogP contribution in [0.5, 0.6) is 11.5 Å². The van der Waals surface area contributed by atoms with E-state index in [1.54, 1.807) is 14.2 Å². The second-order valence-corrected chi connectivity index (χ2v) is 6.66. The monoisotopic (exact) mass is 319 g/mol. The quantitative estimate of drug-likeness (QED) is 0.669. The molecule has 0 amide bonds. The molecule has 1 N–H and O–H groups in total. The normalized spacial score (nSPS) is 17.3. The molecule has 0 saturated carbocycles. The molecule has 0 aromatic heterocycles.